The number of anilines is 1. The molecule has 0 saturated carbocycles. The van der Waals surface area contributed by atoms with Crippen LogP contribution in [0.15, 0.2) is 29.6 Å². The number of allylic oxidation sites excluding steroid dienone is 3. The van der Waals surface area contributed by atoms with Crippen molar-refractivity contribution in [1.82, 2.24) is 9.97 Å². The number of Topliss-reactive ketones (excluding diaryl/α,β-unsaturated/α-hetero) is 1. The van der Waals surface area contributed by atoms with Gasteiger partial charge in [0.1, 0.15) is 5.02 Å². The lowest BCUT2D eigenvalue weighted by Crippen LogP contribution is -2.21. The van der Waals surface area contributed by atoms with Gasteiger partial charge in [-0.25, -0.2) is 9.78 Å². The minimum atomic E-state index is -1.52. The van der Waals surface area contributed by atoms with Crippen LogP contribution in [0.2, 0.25) is 10.3 Å². The summed E-state index contributed by atoms with van der Waals surface area (Å²) >= 11 is 11.6. The zero-order valence-electron chi connectivity index (χ0n) is 10.1. The number of aromatic nitrogens is 2. The molecule has 0 saturated heterocycles. The number of nitrogens with zero attached hydrogens (tertiary/aromatic N) is 2. The molecule has 0 spiro atoms. The van der Waals surface area contributed by atoms with Crippen LogP contribution < -0.4 is 5.32 Å². The van der Waals surface area contributed by atoms with Gasteiger partial charge in [0, 0.05) is 11.3 Å². The topological polar surface area (TPSA) is 92.2 Å². The number of aliphatic carboxylic acids is 1. The van der Waals surface area contributed by atoms with Gasteiger partial charge >= 0.3 is 5.97 Å². The van der Waals surface area contributed by atoms with E-state index >= 15 is 0 Å². The highest BCUT2D eigenvalue weighted by molar-refractivity contribution is 6.41. The molecule has 2 rings (SSSR count). The number of carbonyl (C=O) groups is 2. The van der Waals surface area contributed by atoms with Crippen molar-refractivity contribution in [1.29, 1.82) is 0 Å². The lowest BCUT2D eigenvalue weighted by atomic mass is 9.99. The monoisotopic (exact) mass is 313 g/mol. The molecular formula is C12H9Cl2N3O3. The van der Waals surface area contributed by atoms with Crippen LogP contribution >= 0.6 is 23.2 Å². The average molecular weight is 314 g/mol. The van der Waals surface area contributed by atoms with Gasteiger partial charge in [-0.1, -0.05) is 23.8 Å². The number of hydrogen-bond donors (Lipinski definition) is 2. The van der Waals surface area contributed by atoms with Gasteiger partial charge in [0.05, 0.1) is 6.20 Å². The lowest BCUT2D eigenvalue weighted by Gasteiger charge is -2.16. The highest BCUT2D eigenvalue weighted by Gasteiger charge is 2.23. The van der Waals surface area contributed by atoms with E-state index in [0.29, 0.717) is 18.5 Å². The normalized spacial score (nSPS) is 14.3. The van der Waals surface area contributed by atoms with Gasteiger partial charge in [-0.3, -0.25) is 4.79 Å². The van der Waals surface area contributed by atoms with E-state index < -0.39 is 11.8 Å². The van der Waals surface area contributed by atoms with Gasteiger partial charge < -0.3 is 10.4 Å². The molecule has 0 aromatic carbocycles. The van der Waals surface area contributed by atoms with Gasteiger partial charge in [0.15, 0.2) is 5.82 Å². The van der Waals surface area contributed by atoms with Crippen molar-refractivity contribution in [3.05, 3.63) is 39.9 Å². The van der Waals surface area contributed by atoms with E-state index in [2.05, 4.69) is 15.3 Å². The van der Waals surface area contributed by atoms with Crippen LogP contribution in [0.25, 0.3) is 0 Å². The summed E-state index contributed by atoms with van der Waals surface area (Å²) in [6, 6.07) is 0. The summed E-state index contributed by atoms with van der Waals surface area (Å²) in [5.41, 5.74) is 0.426. The predicted octanol–water partition coefficient (Wildman–Crippen LogP) is 2.45. The largest absolute Gasteiger partial charge is 0.475 e. The second-order valence-corrected chi connectivity index (χ2v) is 4.65. The third-order valence-corrected chi connectivity index (χ3v) is 3.02. The van der Waals surface area contributed by atoms with Crippen molar-refractivity contribution < 1.29 is 14.7 Å². The number of hydrogen-bond acceptors (Lipinski definition) is 5. The molecule has 0 fully saturated rings. The molecule has 1 aliphatic rings. The first-order valence-electron chi connectivity index (χ1n) is 5.62. The number of carbonyl (C=O) groups excluding carboxylic acids is 1. The maximum Gasteiger partial charge on any atom is 0.377 e. The number of nitrogens with one attached hydrogen (secondary N) is 1. The first kappa shape index (κ1) is 14.5. The van der Waals surface area contributed by atoms with Crippen LogP contribution in [0.1, 0.15) is 12.8 Å². The van der Waals surface area contributed by atoms with Crippen LogP contribution in [-0.2, 0) is 9.59 Å². The molecule has 0 atom stereocenters. The van der Waals surface area contributed by atoms with Gasteiger partial charge in [-0.15, -0.1) is 0 Å². The SMILES string of the molecule is O=C(O)C(=O)C1=CCCC=C1Nc1nc(Cl)ncc1Cl. The summed E-state index contributed by atoms with van der Waals surface area (Å²) in [5, 5.41) is 11.8. The highest BCUT2D eigenvalue weighted by Crippen LogP contribution is 2.26. The number of carboxylic acids is 1. The van der Waals surface area contributed by atoms with E-state index in [1.165, 1.54) is 6.20 Å². The van der Waals surface area contributed by atoms with Crippen LogP contribution in [-0.4, -0.2) is 26.8 Å². The van der Waals surface area contributed by atoms with Crippen molar-refractivity contribution in [2.75, 3.05) is 5.32 Å². The molecule has 0 amide bonds. The fourth-order valence-corrected chi connectivity index (χ4v) is 1.96. The van der Waals surface area contributed by atoms with Crippen molar-refractivity contribution in [3.63, 3.8) is 0 Å². The molecule has 8 heteroatoms. The first-order valence-corrected chi connectivity index (χ1v) is 6.38. The van der Waals surface area contributed by atoms with E-state index in [0.717, 1.165) is 0 Å². The van der Waals surface area contributed by atoms with E-state index in [-0.39, 0.29) is 21.7 Å². The van der Waals surface area contributed by atoms with E-state index in [4.69, 9.17) is 28.3 Å². The van der Waals surface area contributed by atoms with Gasteiger partial charge in [-0.2, -0.15) is 4.98 Å². The molecule has 1 aromatic rings. The molecular weight excluding hydrogens is 305 g/mol. The Morgan fingerprint density at radius 1 is 1.25 bits per heavy atom. The Labute approximate surface area is 124 Å². The van der Waals surface area contributed by atoms with Crippen LogP contribution in [0.3, 0.4) is 0 Å². The standard InChI is InChI=1S/C12H9Cl2N3O3/c13-7-5-15-12(14)17-10(7)16-8-4-2-1-3-6(8)9(18)11(19)20/h3-5H,1-2H2,(H,19,20)(H,15,16,17). The molecule has 1 aliphatic carbocycles. The zero-order chi connectivity index (χ0) is 14.7. The molecule has 104 valence electrons. The number of ketones is 1. The minimum absolute atomic E-state index is 0.0107. The second kappa shape index (κ2) is 6.02. The third-order valence-electron chi connectivity index (χ3n) is 2.56. The second-order valence-electron chi connectivity index (χ2n) is 3.91. The van der Waals surface area contributed by atoms with Crippen molar-refractivity contribution in [3.8, 4) is 0 Å². The summed E-state index contributed by atoms with van der Waals surface area (Å²) in [6.07, 6.45) is 5.86. The third kappa shape index (κ3) is 3.15. The fourth-order valence-electron chi connectivity index (χ4n) is 1.68. The summed E-state index contributed by atoms with van der Waals surface area (Å²) in [6.45, 7) is 0. The Hall–Kier alpha value is -1.92. The van der Waals surface area contributed by atoms with Gasteiger partial charge in [-0.05, 0) is 24.4 Å². The smallest absolute Gasteiger partial charge is 0.377 e. The maximum atomic E-state index is 11.6. The molecule has 2 N–H and O–H groups in total. The first-order chi connectivity index (χ1) is 9.49. The van der Waals surface area contributed by atoms with Crippen molar-refractivity contribution >= 4 is 40.8 Å². The van der Waals surface area contributed by atoms with E-state index in [1.54, 1.807) is 12.2 Å². The fraction of sp³-hybridized carbons (Fsp3) is 0.167. The average Bonchev–Trinajstić information content (AvgIpc) is 2.42. The van der Waals surface area contributed by atoms with Crippen molar-refractivity contribution in [2.45, 2.75) is 12.8 Å². The van der Waals surface area contributed by atoms with E-state index in [1.807, 2.05) is 0 Å². The molecule has 0 unspecified atom stereocenters. The number of carboxylic acid groups (broad SMARTS) is 1. The molecule has 6 nitrogen and oxygen atoms in total. The van der Waals surface area contributed by atoms with Crippen molar-refractivity contribution in [2.24, 2.45) is 0 Å². The Kier molecular flexibility index (Phi) is 4.36. The Bertz CT molecular complexity index is 641. The Balaban J connectivity index is 2.29. The molecule has 1 aromatic heterocycles. The maximum absolute atomic E-state index is 11.6. The molecule has 0 aliphatic heterocycles. The molecule has 0 bridgehead atoms. The number of halogens is 2. The minimum Gasteiger partial charge on any atom is -0.475 e. The Morgan fingerprint density at radius 2 is 1.95 bits per heavy atom. The Morgan fingerprint density at radius 3 is 2.65 bits per heavy atom. The summed E-state index contributed by atoms with van der Waals surface area (Å²) in [7, 11) is 0. The van der Waals surface area contributed by atoms with Gasteiger partial charge in [0.25, 0.3) is 5.78 Å². The lowest BCUT2D eigenvalue weighted by molar-refractivity contribution is -0.147. The molecule has 20 heavy (non-hydrogen) atoms. The molecule has 1 heterocycles. The summed E-state index contributed by atoms with van der Waals surface area (Å²) in [5.74, 6) is -2.29. The molecule has 0 radical (unpaired) electrons. The summed E-state index contributed by atoms with van der Waals surface area (Å²) in [4.78, 5) is 30.0. The van der Waals surface area contributed by atoms with Crippen LogP contribution in [0, 0.1) is 0 Å². The van der Waals surface area contributed by atoms with Gasteiger partial charge in [0.2, 0.25) is 5.28 Å². The zero-order valence-corrected chi connectivity index (χ0v) is 11.6. The van der Waals surface area contributed by atoms with Crippen LogP contribution in [0.5, 0.6) is 0 Å². The highest BCUT2D eigenvalue weighted by atomic mass is 35.5. The summed E-state index contributed by atoms with van der Waals surface area (Å²) < 4.78 is 0. The quantitative estimate of drug-likeness (QED) is 0.655. The van der Waals surface area contributed by atoms with E-state index in [9.17, 15) is 9.59 Å². The van der Waals surface area contributed by atoms with Crippen LogP contribution in [0.4, 0.5) is 5.82 Å². The number of rotatable bonds is 4. The predicted molar refractivity (Wildman–Crippen MR) is 73.7 cm³/mol.